The molecule has 0 saturated heterocycles. The van der Waals surface area contributed by atoms with Crippen molar-refractivity contribution < 1.29 is 0 Å². The summed E-state index contributed by atoms with van der Waals surface area (Å²) in [6.45, 7) is 8.47. The first-order valence-corrected chi connectivity index (χ1v) is 11.6. The molecule has 1 aliphatic carbocycles. The molecule has 3 aromatic heterocycles. The molecular weight excluding hydrogens is 404 g/mol. The smallest absolute Gasteiger partial charge is 0.282 e. The lowest BCUT2D eigenvalue weighted by Crippen LogP contribution is -2.18. The van der Waals surface area contributed by atoms with Gasteiger partial charge >= 0.3 is 0 Å². The van der Waals surface area contributed by atoms with Gasteiger partial charge < -0.3 is 4.57 Å². The third-order valence-corrected chi connectivity index (χ3v) is 7.51. The van der Waals surface area contributed by atoms with Crippen molar-refractivity contribution >= 4 is 27.8 Å². The number of aryl methyl sites for hydroxylation is 5. The summed E-state index contributed by atoms with van der Waals surface area (Å²) in [7, 11) is 0. The van der Waals surface area contributed by atoms with Crippen LogP contribution in [-0.2, 0) is 12.8 Å². The predicted octanol–water partition coefficient (Wildman–Crippen LogP) is 5.24. The second kappa shape index (κ2) is 7.61. The molecular formula is C25H26N4OS. The number of thiophene rings is 1. The highest BCUT2D eigenvalue weighted by Crippen LogP contribution is 2.33. The van der Waals surface area contributed by atoms with E-state index < -0.39 is 0 Å². The molecule has 0 fully saturated rings. The van der Waals surface area contributed by atoms with Crippen molar-refractivity contribution in [1.82, 2.24) is 14.2 Å². The summed E-state index contributed by atoms with van der Waals surface area (Å²) in [6, 6.07) is 8.48. The fourth-order valence-electron chi connectivity index (χ4n) is 4.76. The summed E-state index contributed by atoms with van der Waals surface area (Å²) in [5.74, 6) is 0. The van der Waals surface area contributed by atoms with Gasteiger partial charge in [-0.2, -0.15) is 9.78 Å². The average molecular weight is 431 g/mol. The summed E-state index contributed by atoms with van der Waals surface area (Å²) in [5.41, 5.74) is 8.06. The molecule has 31 heavy (non-hydrogen) atoms. The fraction of sp³-hybridized carbons (Fsp3) is 0.320. The Bertz CT molecular complexity index is 1380. The summed E-state index contributed by atoms with van der Waals surface area (Å²) >= 11 is 1.67. The Hall–Kier alpha value is -2.99. The lowest BCUT2D eigenvalue weighted by molar-refractivity contribution is 0.699. The Morgan fingerprint density at radius 2 is 1.84 bits per heavy atom. The number of rotatable bonds is 3. The predicted molar refractivity (Wildman–Crippen MR) is 128 cm³/mol. The van der Waals surface area contributed by atoms with Gasteiger partial charge in [-0.3, -0.25) is 4.79 Å². The first kappa shape index (κ1) is 19.9. The van der Waals surface area contributed by atoms with Crippen LogP contribution in [0.5, 0.6) is 0 Å². The van der Waals surface area contributed by atoms with Crippen molar-refractivity contribution in [1.29, 1.82) is 0 Å². The van der Waals surface area contributed by atoms with E-state index in [2.05, 4.69) is 66.6 Å². The largest absolute Gasteiger partial charge is 0.317 e. The van der Waals surface area contributed by atoms with Gasteiger partial charge in [0.2, 0.25) is 0 Å². The maximum Gasteiger partial charge on any atom is 0.282 e. The molecule has 0 N–H and O–H groups in total. The van der Waals surface area contributed by atoms with Gasteiger partial charge in [0.05, 0.1) is 17.3 Å². The molecule has 1 aromatic carbocycles. The van der Waals surface area contributed by atoms with Crippen LogP contribution < -0.4 is 5.56 Å². The minimum atomic E-state index is -0.0656. The summed E-state index contributed by atoms with van der Waals surface area (Å²) in [6.07, 6.45) is 7.69. The van der Waals surface area contributed by atoms with Gasteiger partial charge in [0.1, 0.15) is 11.2 Å². The average Bonchev–Trinajstić information content (AvgIpc) is 3.26. The van der Waals surface area contributed by atoms with Crippen LogP contribution in [0, 0.1) is 27.7 Å². The number of hydrogen-bond donors (Lipinski definition) is 0. The first-order valence-electron chi connectivity index (χ1n) is 10.8. The molecule has 6 heteroatoms. The van der Waals surface area contributed by atoms with E-state index in [1.807, 2.05) is 0 Å². The van der Waals surface area contributed by atoms with Crippen molar-refractivity contribution in [3.05, 3.63) is 79.5 Å². The summed E-state index contributed by atoms with van der Waals surface area (Å²) < 4.78 is 3.65. The molecule has 0 atom stereocenters. The van der Waals surface area contributed by atoms with Crippen molar-refractivity contribution in [3.8, 4) is 5.69 Å². The van der Waals surface area contributed by atoms with Crippen molar-refractivity contribution in [2.45, 2.75) is 53.4 Å². The van der Waals surface area contributed by atoms with Gasteiger partial charge in [-0.1, -0.05) is 18.2 Å². The molecule has 0 spiro atoms. The van der Waals surface area contributed by atoms with Gasteiger partial charge in [0.25, 0.3) is 5.56 Å². The Morgan fingerprint density at radius 3 is 2.61 bits per heavy atom. The van der Waals surface area contributed by atoms with E-state index in [4.69, 9.17) is 0 Å². The second-order valence-corrected chi connectivity index (χ2v) is 9.52. The Labute approximate surface area is 185 Å². The molecule has 0 radical (unpaired) electrons. The molecule has 3 heterocycles. The van der Waals surface area contributed by atoms with Gasteiger partial charge in [-0.05, 0) is 76.1 Å². The molecule has 4 aromatic rings. The van der Waals surface area contributed by atoms with Crippen LogP contribution in [0.1, 0.15) is 51.4 Å². The van der Waals surface area contributed by atoms with Crippen molar-refractivity contribution in [2.75, 3.05) is 0 Å². The number of hydrogen-bond acceptors (Lipinski definition) is 4. The second-order valence-electron chi connectivity index (χ2n) is 8.43. The number of benzene rings is 1. The number of para-hydroxylation sites is 1. The zero-order chi connectivity index (χ0) is 21.7. The monoisotopic (exact) mass is 430 g/mol. The van der Waals surface area contributed by atoms with Crippen LogP contribution >= 0.6 is 11.3 Å². The molecule has 5 rings (SSSR count). The highest BCUT2D eigenvalue weighted by molar-refractivity contribution is 7.18. The zero-order valence-corrected chi connectivity index (χ0v) is 19.2. The number of aromatic nitrogens is 3. The van der Waals surface area contributed by atoms with E-state index in [0.29, 0.717) is 0 Å². The lowest BCUT2D eigenvalue weighted by Gasteiger charge is -2.15. The van der Waals surface area contributed by atoms with E-state index in [9.17, 15) is 4.79 Å². The van der Waals surface area contributed by atoms with Gasteiger partial charge in [-0.15, -0.1) is 11.3 Å². The molecule has 5 nitrogen and oxygen atoms in total. The first-order chi connectivity index (χ1) is 15.0. The molecule has 1 aliphatic rings. The van der Waals surface area contributed by atoms with E-state index in [-0.39, 0.29) is 5.56 Å². The number of fused-ring (bicyclic) bond motifs is 3. The van der Waals surface area contributed by atoms with E-state index >= 15 is 0 Å². The van der Waals surface area contributed by atoms with Gasteiger partial charge in [0.15, 0.2) is 0 Å². The lowest BCUT2D eigenvalue weighted by atomic mass is 9.97. The SMILES string of the molecule is Cc1cccc(C)c1-n1c(C)cc(/C=N\n2cnc3sc4c(c3c2=O)CCCC4)c1C. The third kappa shape index (κ3) is 3.26. The Morgan fingerprint density at radius 1 is 1.10 bits per heavy atom. The quantitative estimate of drug-likeness (QED) is 0.417. The highest BCUT2D eigenvalue weighted by Gasteiger charge is 2.20. The van der Waals surface area contributed by atoms with Crippen LogP contribution in [0.25, 0.3) is 15.9 Å². The van der Waals surface area contributed by atoms with Crippen molar-refractivity contribution in [3.63, 3.8) is 0 Å². The molecule has 0 aliphatic heterocycles. The minimum absolute atomic E-state index is 0.0656. The molecule has 0 unspecified atom stereocenters. The van der Waals surface area contributed by atoms with Crippen LogP contribution in [0.15, 0.2) is 40.5 Å². The topological polar surface area (TPSA) is 52.2 Å². The summed E-state index contributed by atoms with van der Waals surface area (Å²) in [5, 5.41) is 5.28. The number of nitrogens with zero attached hydrogens (tertiary/aromatic N) is 4. The highest BCUT2D eigenvalue weighted by atomic mass is 32.1. The van der Waals surface area contributed by atoms with Crippen LogP contribution in [0.2, 0.25) is 0 Å². The van der Waals surface area contributed by atoms with E-state index in [1.54, 1.807) is 23.9 Å². The van der Waals surface area contributed by atoms with Gasteiger partial charge in [-0.25, -0.2) is 4.98 Å². The molecule has 0 bridgehead atoms. The summed E-state index contributed by atoms with van der Waals surface area (Å²) in [4.78, 5) is 19.9. The van der Waals surface area contributed by atoms with Crippen LogP contribution in [0.4, 0.5) is 0 Å². The molecule has 0 saturated carbocycles. The maximum absolute atomic E-state index is 13.2. The van der Waals surface area contributed by atoms with Gasteiger partial charge in [0, 0.05) is 21.8 Å². The normalized spacial score (nSPS) is 13.9. The fourth-order valence-corrected chi connectivity index (χ4v) is 5.98. The molecule has 0 amide bonds. The third-order valence-electron chi connectivity index (χ3n) is 6.31. The van der Waals surface area contributed by atoms with Crippen molar-refractivity contribution in [2.24, 2.45) is 5.10 Å². The zero-order valence-electron chi connectivity index (χ0n) is 18.4. The Balaban J connectivity index is 1.57. The molecule has 158 valence electrons. The van der Waals surface area contributed by atoms with E-state index in [0.717, 1.165) is 46.4 Å². The van der Waals surface area contributed by atoms with E-state index in [1.165, 1.54) is 38.4 Å². The van der Waals surface area contributed by atoms with Crippen LogP contribution in [-0.4, -0.2) is 20.4 Å². The standard InChI is InChI=1S/C25H26N4OS/c1-15-8-7-9-16(2)23(15)29-17(3)12-19(18(29)4)13-27-28-14-26-24-22(25(28)30)20-10-5-6-11-21(20)31-24/h7-9,12-14H,5-6,10-11H2,1-4H3/b27-13-. The minimum Gasteiger partial charge on any atom is -0.317 e. The van der Waals surface area contributed by atoms with Crippen LogP contribution in [0.3, 0.4) is 0 Å². The Kier molecular flexibility index (Phi) is 4.89. The maximum atomic E-state index is 13.2.